The second-order valence-electron chi connectivity index (χ2n) is 6.34. The molecule has 1 aromatic rings. The van der Waals surface area contributed by atoms with Crippen LogP contribution in [0.5, 0.6) is 0 Å². The van der Waals surface area contributed by atoms with E-state index in [-0.39, 0.29) is 11.3 Å². The van der Waals surface area contributed by atoms with E-state index in [4.69, 9.17) is 5.11 Å². The summed E-state index contributed by atoms with van der Waals surface area (Å²) in [7, 11) is 0. The molecule has 1 aromatic carbocycles. The second kappa shape index (κ2) is 5.26. The molecule has 1 saturated heterocycles. The van der Waals surface area contributed by atoms with Gasteiger partial charge in [-0.15, -0.1) is 11.8 Å². The molecule has 0 saturated carbocycles. The van der Waals surface area contributed by atoms with Crippen LogP contribution in [0.4, 0.5) is 0 Å². The number of rotatable bonds is 3. The van der Waals surface area contributed by atoms with Gasteiger partial charge in [0.15, 0.2) is 0 Å². The first-order chi connectivity index (χ1) is 10.7. The maximum Gasteiger partial charge on any atom is 0.325 e. The highest BCUT2D eigenvalue weighted by molar-refractivity contribution is 8.01. The molecule has 3 rings (SSSR count). The predicted molar refractivity (Wildman–Crippen MR) is 86.1 cm³/mol. The first kappa shape index (κ1) is 15.9. The van der Waals surface area contributed by atoms with Crippen LogP contribution in [0.1, 0.15) is 42.1 Å². The second-order valence-corrected chi connectivity index (χ2v) is 8.08. The van der Waals surface area contributed by atoms with Gasteiger partial charge in [-0.25, -0.2) is 0 Å². The fourth-order valence-electron chi connectivity index (χ4n) is 3.16. The van der Waals surface area contributed by atoms with E-state index in [0.29, 0.717) is 5.56 Å². The van der Waals surface area contributed by atoms with E-state index in [1.807, 2.05) is 26.0 Å². The van der Waals surface area contributed by atoms with Crippen LogP contribution in [0.2, 0.25) is 0 Å². The highest BCUT2D eigenvalue weighted by Gasteiger charge is 2.57. The molecule has 0 bridgehead atoms. The van der Waals surface area contributed by atoms with E-state index in [1.165, 1.54) is 6.92 Å². The summed E-state index contributed by atoms with van der Waals surface area (Å²) in [5, 5.41) is 11.3. The molecule has 2 aliphatic rings. The first-order valence-corrected chi connectivity index (χ1v) is 8.24. The number of carboxylic acid groups (broad SMARTS) is 1. The minimum atomic E-state index is -1.10. The number of benzene rings is 1. The lowest BCUT2D eigenvalue weighted by atomic mass is 10.0. The average molecular weight is 334 g/mol. The van der Waals surface area contributed by atoms with Crippen molar-refractivity contribution in [2.24, 2.45) is 0 Å². The zero-order valence-electron chi connectivity index (χ0n) is 13.1. The predicted octanol–water partition coefficient (Wildman–Crippen LogP) is 1.62. The largest absolute Gasteiger partial charge is 0.480 e. The van der Waals surface area contributed by atoms with Crippen LogP contribution in [-0.2, 0) is 9.59 Å². The molecule has 0 aromatic heterocycles. The third-order valence-electron chi connectivity index (χ3n) is 4.27. The van der Waals surface area contributed by atoms with Gasteiger partial charge in [-0.2, -0.15) is 0 Å². The lowest BCUT2D eigenvalue weighted by Gasteiger charge is -2.30. The van der Waals surface area contributed by atoms with E-state index in [9.17, 15) is 14.4 Å². The van der Waals surface area contributed by atoms with Crippen LogP contribution in [0.3, 0.4) is 0 Å². The molecular formula is C16H18N2O4S. The molecule has 2 N–H and O–H groups in total. The summed E-state index contributed by atoms with van der Waals surface area (Å²) in [5.41, 5.74) is 1.53. The van der Waals surface area contributed by atoms with Gasteiger partial charge in [-0.1, -0.05) is 18.2 Å². The number of amides is 2. The van der Waals surface area contributed by atoms with Gasteiger partial charge in [0, 0.05) is 10.3 Å². The molecular weight excluding hydrogens is 316 g/mol. The molecule has 1 fully saturated rings. The number of nitrogens with one attached hydrogen (secondary N) is 1. The summed E-state index contributed by atoms with van der Waals surface area (Å²) >= 11 is 1.55. The van der Waals surface area contributed by atoms with Crippen molar-refractivity contribution in [2.75, 3.05) is 0 Å². The molecule has 2 aliphatic heterocycles. The molecule has 0 radical (unpaired) electrons. The number of thioether (sulfide) groups is 1. The van der Waals surface area contributed by atoms with Gasteiger partial charge in [-0.05, 0) is 32.4 Å². The number of aliphatic carboxylic acids is 1. The molecule has 1 unspecified atom stereocenters. The van der Waals surface area contributed by atoms with Crippen molar-refractivity contribution in [1.29, 1.82) is 0 Å². The summed E-state index contributed by atoms with van der Waals surface area (Å²) in [4.78, 5) is 37.9. The molecule has 6 nitrogen and oxygen atoms in total. The quantitative estimate of drug-likeness (QED) is 0.877. The zero-order valence-corrected chi connectivity index (χ0v) is 13.9. The van der Waals surface area contributed by atoms with Gasteiger partial charge < -0.3 is 15.3 Å². The van der Waals surface area contributed by atoms with Crippen molar-refractivity contribution in [2.45, 2.75) is 43.0 Å². The normalized spacial score (nSPS) is 25.7. The number of carboxylic acids is 1. The molecule has 3 atom stereocenters. The van der Waals surface area contributed by atoms with Gasteiger partial charge in [-0.3, -0.25) is 14.4 Å². The van der Waals surface area contributed by atoms with E-state index in [2.05, 4.69) is 5.32 Å². The summed E-state index contributed by atoms with van der Waals surface area (Å²) in [6.07, 6.45) is 0. The number of hydrogen-bond acceptors (Lipinski definition) is 4. The Morgan fingerprint density at radius 1 is 1.35 bits per heavy atom. The minimum absolute atomic E-state index is 0.174. The maximum absolute atomic E-state index is 12.7. The van der Waals surface area contributed by atoms with Gasteiger partial charge in [0.2, 0.25) is 5.91 Å². The standard InChI is InChI=1S/C16H18N2O4S/c1-8(15(21)22)17-12(19)11-16(2,3)23-14-10-7-5-4-6-9(10)13(20)18(11)14/h4-8,11,14H,1-3H3,(H,17,19)(H,21,22)/t8-,11-,14?/m1/s1. The minimum Gasteiger partial charge on any atom is -0.480 e. The van der Waals surface area contributed by atoms with E-state index >= 15 is 0 Å². The maximum atomic E-state index is 12.7. The summed E-state index contributed by atoms with van der Waals surface area (Å²) in [5.74, 6) is -1.71. The van der Waals surface area contributed by atoms with Crippen molar-refractivity contribution in [3.8, 4) is 0 Å². The smallest absolute Gasteiger partial charge is 0.325 e. The third kappa shape index (κ3) is 2.39. The van der Waals surface area contributed by atoms with Gasteiger partial charge in [0.05, 0.1) is 0 Å². The molecule has 0 spiro atoms. The van der Waals surface area contributed by atoms with Crippen LogP contribution in [0, 0.1) is 0 Å². The Kier molecular flexibility index (Phi) is 3.63. The van der Waals surface area contributed by atoms with Gasteiger partial charge in [0.1, 0.15) is 17.5 Å². The van der Waals surface area contributed by atoms with E-state index < -0.39 is 28.7 Å². The number of carbonyl (C=O) groups excluding carboxylic acids is 2. The van der Waals surface area contributed by atoms with Crippen molar-refractivity contribution in [3.63, 3.8) is 0 Å². The summed E-state index contributed by atoms with van der Waals surface area (Å²) in [6.45, 7) is 5.22. The van der Waals surface area contributed by atoms with Gasteiger partial charge in [0.25, 0.3) is 5.91 Å². The average Bonchev–Trinajstić information content (AvgIpc) is 2.90. The Labute approximate surface area is 138 Å². The van der Waals surface area contributed by atoms with E-state index in [1.54, 1.807) is 28.8 Å². The zero-order chi connectivity index (χ0) is 16.9. The van der Waals surface area contributed by atoms with Crippen LogP contribution >= 0.6 is 11.8 Å². The molecule has 23 heavy (non-hydrogen) atoms. The molecule has 7 heteroatoms. The van der Waals surface area contributed by atoms with Crippen LogP contribution in [-0.4, -0.2) is 44.6 Å². The highest BCUT2D eigenvalue weighted by atomic mass is 32.2. The van der Waals surface area contributed by atoms with Crippen LogP contribution in [0.15, 0.2) is 24.3 Å². The van der Waals surface area contributed by atoms with Crippen molar-refractivity contribution < 1.29 is 19.5 Å². The SMILES string of the molecule is C[C@@H](NC(=O)[C@H]1N2C(=O)c3ccccc3C2SC1(C)C)C(=O)O. The Balaban J connectivity index is 1.94. The Hall–Kier alpha value is -2.02. The topological polar surface area (TPSA) is 86.7 Å². The van der Waals surface area contributed by atoms with Crippen molar-refractivity contribution >= 4 is 29.5 Å². The Morgan fingerprint density at radius 2 is 2.00 bits per heavy atom. The molecule has 0 aliphatic carbocycles. The Bertz CT molecular complexity index is 703. The summed E-state index contributed by atoms with van der Waals surface area (Å²) < 4.78 is -0.504. The van der Waals surface area contributed by atoms with Crippen LogP contribution < -0.4 is 5.32 Å². The lowest BCUT2D eigenvalue weighted by molar-refractivity contribution is -0.142. The summed E-state index contributed by atoms with van der Waals surface area (Å²) in [6, 6.07) is 5.64. The number of nitrogens with zero attached hydrogens (tertiary/aromatic N) is 1. The van der Waals surface area contributed by atoms with Crippen LogP contribution in [0.25, 0.3) is 0 Å². The van der Waals surface area contributed by atoms with E-state index in [0.717, 1.165) is 5.56 Å². The molecule has 122 valence electrons. The van der Waals surface area contributed by atoms with Gasteiger partial charge >= 0.3 is 5.97 Å². The number of fused-ring (bicyclic) bond motifs is 3. The molecule has 2 amide bonds. The number of carbonyl (C=O) groups is 3. The Morgan fingerprint density at radius 3 is 2.65 bits per heavy atom. The lowest BCUT2D eigenvalue weighted by Crippen LogP contribution is -2.55. The first-order valence-electron chi connectivity index (χ1n) is 7.36. The molecule has 2 heterocycles. The van der Waals surface area contributed by atoms with Crippen molar-refractivity contribution in [3.05, 3.63) is 35.4 Å². The third-order valence-corrected chi connectivity index (χ3v) is 5.81. The number of hydrogen-bond donors (Lipinski definition) is 2. The monoisotopic (exact) mass is 334 g/mol. The fourth-order valence-corrected chi connectivity index (χ4v) is 4.75. The van der Waals surface area contributed by atoms with Crippen molar-refractivity contribution in [1.82, 2.24) is 10.2 Å². The fraction of sp³-hybridized carbons (Fsp3) is 0.438. The highest BCUT2D eigenvalue weighted by Crippen LogP contribution is 2.56.